The van der Waals surface area contributed by atoms with Crippen LogP contribution in [0.3, 0.4) is 0 Å². The van der Waals surface area contributed by atoms with Crippen molar-refractivity contribution in [1.29, 1.82) is 0 Å². The minimum Gasteiger partial charge on any atom is -0.375 e. The van der Waals surface area contributed by atoms with Crippen LogP contribution in [-0.4, -0.2) is 32.3 Å². The number of nitrogens with zero attached hydrogens (tertiary/aromatic N) is 1. The van der Waals surface area contributed by atoms with E-state index in [-0.39, 0.29) is 5.82 Å². The van der Waals surface area contributed by atoms with Crippen molar-refractivity contribution < 1.29 is 9.13 Å². The Bertz CT molecular complexity index is 853. The Labute approximate surface area is 153 Å². The smallest absolute Gasteiger partial charge is 0.126 e. The molecule has 2 unspecified atom stereocenters. The summed E-state index contributed by atoms with van der Waals surface area (Å²) in [4.78, 5) is 2.58. The molecular weight excluding hydrogens is 329 g/mol. The zero-order valence-corrected chi connectivity index (χ0v) is 15.0. The molecule has 2 N–H and O–H groups in total. The molecule has 2 aromatic rings. The highest BCUT2D eigenvalue weighted by molar-refractivity contribution is 5.74. The first-order valence-electron chi connectivity index (χ1n) is 9.46. The molecule has 0 spiro atoms. The third-order valence-corrected chi connectivity index (χ3v) is 5.93. The van der Waals surface area contributed by atoms with Gasteiger partial charge in [-0.1, -0.05) is 0 Å². The van der Waals surface area contributed by atoms with Gasteiger partial charge in [-0.05, 0) is 61.3 Å². The number of nitrogens with one attached hydrogen (secondary N) is 2. The quantitative estimate of drug-likeness (QED) is 0.864. The lowest BCUT2D eigenvalue weighted by Gasteiger charge is -2.33. The van der Waals surface area contributed by atoms with Gasteiger partial charge in [0, 0.05) is 47.7 Å². The molecule has 0 aliphatic carbocycles. The van der Waals surface area contributed by atoms with Gasteiger partial charge in [0.25, 0.3) is 0 Å². The maximum Gasteiger partial charge on any atom is 0.126 e. The standard InChI is InChI=1S/C21H24FN3O/c1-13-8-15(2-3-19(13)22)24-16-9-14-12-26-7-6-25-20-4-5-23-11-18(20)17(10-16)21(14)25/h2-3,8-10,18,20,23-24H,4-7,11-12H2,1H3. The molecule has 0 aromatic heterocycles. The van der Waals surface area contributed by atoms with E-state index in [0.29, 0.717) is 24.1 Å². The van der Waals surface area contributed by atoms with Gasteiger partial charge < -0.3 is 20.3 Å². The number of benzene rings is 2. The number of hydrogen-bond acceptors (Lipinski definition) is 4. The van der Waals surface area contributed by atoms with E-state index in [9.17, 15) is 4.39 Å². The maximum absolute atomic E-state index is 13.6. The summed E-state index contributed by atoms with van der Waals surface area (Å²) in [6.07, 6.45) is 1.18. The maximum atomic E-state index is 13.6. The van der Waals surface area contributed by atoms with Crippen molar-refractivity contribution in [2.45, 2.75) is 31.9 Å². The van der Waals surface area contributed by atoms with Gasteiger partial charge in [-0.2, -0.15) is 0 Å². The molecule has 3 aliphatic rings. The Balaban J connectivity index is 1.55. The van der Waals surface area contributed by atoms with E-state index in [4.69, 9.17) is 4.74 Å². The molecule has 26 heavy (non-hydrogen) atoms. The Kier molecular flexibility index (Phi) is 3.87. The van der Waals surface area contributed by atoms with Crippen LogP contribution in [0.5, 0.6) is 0 Å². The van der Waals surface area contributed by atoms with Gasteiger partial charge in [0.2, 0.25) is 0 Å². The summed E-state index contributed by atoms with van der Waals surface area (Å²) in [5.41, 5.74) is 6.70. The van der Waals surface area contributed by atoms with Crippen molar-refractivity contribution in [2.75, 3.05) is 36.5 Å². The summed E-state index contributed by atoms with van der Waals surface area (Å²) < 4.78 is 19.4. The highest BCUT2D eigenvalue weighted by Gasteiger charge is 2.41. The van der Waals surface area contributed by atoms with E-state index >= 15 is 0 Å². The van der Waals surface area contributed by atoms with E-state index in [0.717, 1.165) is 37.6 Å². The molecule has 1 fully saturated rings. The second kappa shape index (κ2) is 6.25. The zero-order valence-electron chi connectivity index (χ0n) is 15.0. The average Bonchev–Trinajstić information content (AvgIpc) is 2.81. The number of fused-ring (bicyclic) bond motifs is 3. The van der Waals surface area contributed by atoms with Crippen LogP contribution in [0.1, 0.15) is 29.0 Å². The minimum atomic E-state index is -0.170. The number of ether oxygens (including phenoxy) is 1. The SMILES string of the molecule is Cc1cc(Nc2cc3c4c(c2)C2CNCCC2N4CCOC3)ccc1F. The van der Waals surface area contributed by atoms with Crippen LogP contribution in [0.25, 0.3) is 0 Å². The fourth-order valence-corrected chi connectivity index (χ4v) is 4.75. The Morgan fingerprint density at radius 2 is 2.15 bits per heavy atom. The van der Waals surface area contributed by atoms with Crippen molar-refractivity contribution in [1.82, 2.24) is 5.32 Å². The van der Waals surface area contributed by atoms with Crippen molar-refractivity contribution in [3.8, 4) is 0 Å². The third-order valence-electron chi connectivity index (χ3n) is 5.93. The zero-order chi connectivity index (χ0) is 17.7. The molecule has 0 bridgehead atoms. The van der Waals surface area contributed by atoms with Crippen LogP contribution in [0.4, 0.5) is 21.5 Å². The molecule has 0 saturated carbocycles. The number of piperidine rings is 1. The Morgan fingerprint density at radius 3 is 3.04 bits per heavy atom. The average molecular weight is 353 g/mol. The summed E-state index contributed by atoms with van der Waals surface area (Å²) in [5.74, 6) is 0.364. The molecule has 2 atom stereocenters. The lowest BCUT2D eigenvalue weighted by Crippen LogP contribution is -2.44. The molecule has 0 radical (unpaired) electrons. The van der Waals surface area contributed by atoms with Crippen LogP contribution in [0, 0.1) is 12.7 Å². The summed E-state index contributed by atoms with van der Waals surface area (Å²) in [5, 5.41) is 7.03. The van der Waals surface area contributed by atoms with Crippen LogP contribution in [0.2, 0.25) is 0 Å². The van der Waals surface area contributed by atoms with E-state index in [1.807, 2.05) is 6.07 Å². The molecule has 1 saturated heterocycles. The largest absolute Gasteiger partial charge is 0.375 e. The van der Waals surface area contributed by atoms with Crippen molar-refractivity contribution >= 4 is 17.1 Å². The molecule has 4 nitrogen and oxygen atoms in total. The Morgan fingerprint density at radius 1 is 1.23 bits per heavy atom. The second-order valence-corrected chi connectivity index (χ2v) is 7.57. The minimum absolute atomic E-state index is 0.170. The number of aryl methyl sites for hydroxylation is 1. The van der Waals surface area contributed by atoms with E-state index < -0.39 is 0 Å². The number of anilines is 3. The van der Waals surface area contributed by atoms with Crippen molar-refractivity contribution in [3.63, 3.8) is 0 Å². The van der Waals surface area contributed by atoms with Gasteiger partial charge in [-0.3, -0.25) is 0 Å². The van der Waals surface area contributed by atoms with Crippen LogP contribution in [0.15, 0.2) is 30.3 Å². The van der Waals surface area contributed by atoms with Gasteiger partial charge in [0.1, 0.15) is 5.82 Å². The van der Waals surface area contributed by atoms with Gasteiger partial charge in [0.05, 0.1) is 13.2 Å². The number of hydrogen-bond donors (Lipinski definition) is 2. The molecule has 0 amide bonds. The molecule has 5 heteroatoms. The molecule has 136 valence electrons. The fourth-order valence-electron chi connectivity index (χ4n) is 4.75. The monoisotopic (exact) mass is 353 g/mol. The molecular formula is C21H24FN3O. The second-order valence-electron chi connectivity index (χ2n) is 7.57. The highest BCUT2D eigenvalue weighted by Crippen LogP contribution is 2.47. The summed E-state index contributed by atoms with van der Waals surface area (Å²) in [6.45, 7) is 6.33. The Hall–Kier alpha value is -2.11. The van der Waals surface area contributed by atoms with Gasteiger partial charge >= 0.3 is 0 Å². The predicted octanol–water partition coefficient (Wildman–Crippen LogP) is 3.67. The third kappa shape index (κ3) is 2.58. The van der Waals surface area contributed by atoms with Gasteiger partial charge in [0.15, 0.2) is 0 Å². The van der Waals surface area contributed by atoms with Crippen LogP contribution in [-0.2, 0) is 11.3 Å². The topological polar surface area (TPSA) is 36.5 Å². The van der Waals surface area contributed by atoms with Gasteiger partial charge in [-0.15, -0.1) is 0 Å². The summed E-state index contributed by atoms with van der Waals surface area (Å²) in [6, 6.07) is 10.2. The molecule has 3 heterocycles. The summed E-state index contributed by atoms with van der Waals surface area (Å²) in [7, 11) is 0. The number of rotatable bonds is 2. The lowest BCUT2D eigenvalue weighted by molar-refractivity contribution is 0.130. The first kappa shape index (κ1) is 16.1. The van der Waals surface area contributed by atoms with Crippen LogP contribution >= 0.6 is 0 Å². The first-order valence-corrected chi connectivity index (χ1v) is 9.46. The molecule has 5 rings (SSSR count). The van der Waals surface area contributed by atoms with E-state index in [1.54, 1.807) is 13.0 Å². The molecule has 3 aliphatic heterocycles. The highest BCUT2D eigenvalue weighted by atomic mass is 19.1. The number of halogens is 1. The fraction of sp³-hybridized carbons (Fsp3) is 0.429. The summed E-state index contributed by atoms with van der Waals surface area (Å²) >= 11 is 0. The van der Waals surface area contributed by atoms with Crippen molar-refractivity contribution in [2.24, 2.45) is 0 Å². The van der Waals surface area contributed by atoms with Gasteiger partial charge in [-0.25, -0.2) is 4.39 Å². The molecule has 2 aromatic carbocycles. The van der Waals surface area contributed by atoms with E-state index in [1.165, 1.54) is 29.3 Å². The normalized spacial score (nSPS) is 24.0. The predicted molar refractivity (Wildman–Crippen MR) is 102 cm³/mol. The van der Waals surface area contributed by atoms with Crippen molar-refractivity contribution in [3.05, 3.63) is 52.8 Å². The lowest BCUT2D eigenvalue weighted by atomic mass is 9.89. The first-order chi connectivity index (χ1) is 12.7. The van der Waals surface area contributed by atoms with Crippen LogP contribution < -0.4 is 15.5 Å². The van der Waals surface area contributed by atoms with E-state index in [2.05, 4.69) is 27.7 Å².